The van der Waals surface area contributed by atoms with Gasteiger partial charge in [-0.1, -0.05) is 60.7 Å². The Labute approximate surface area is 221 Å². The minimum Gasteiger partial charge on any atom is -0.433 e. The van der Waals surface area contributed by atoms with Crippen LogP contribution in [0.4, 0.5) is 4.79 Å². The van der Waals surface area contributed by atoms with Crippen LogP contribution in [0.15, 0.2) is 66.9 Å². The van der Waals surface area contributed by atoms with E-state index in [1.165, 1.54) is 5.56 Å². The van der Waals surface area contributed by atoms with Crippen molar-refractivity contribution in [3.8, 4) is 0 Å². The topological polar surface area (TPSA) is 110 Å². The highest BCUT2D eigenvalue weighted by Crippen LogP contribution is 2.31. The van der Waals surface area contributed by atoms with Gasteiger partial charge < -0.3 is 14.5 Å². The zero-order valence-electron chi connectivity index (χ0n) is 21.5. The summed E-state index contributed by atoms with van der Waals surface area (Å²) in [5, 5.41) is 2.91. The summed E-state index contributed by atoms with van der Waals surface area (Å²) < 4.78 is 10.8. The van der Waals surface area contributed by atoms with Gasteiger partial charge in [0.25, 0.3) is 0 Å². The first kappa shape index (κ1) is 25.8. The van der Waals surface area contributed by atoms with Gasteiger partial charge in [0.05, 0.1) is 19.6 Å². The lowest BCUT2D eigenvalue weighted by Crippen LogP contribution is -2.64. The number of imide groups is 1. The molecule has 0 aliphatic carbocycles. The van der Waals surface area contributed by atoms with Gasteiger partial charge in [-0.3, -0.25) is 10.1 Å². The molecule has 2 aliphatic heterocycles. The second-order valence-corrected chi connectivity index (χ2v) is 10.0. The van der Waals surface area contributed by atoms with Crippen LogP contribution in [0, 0.1) is 0 Å². The van der Waals surface area contributed by atoms with Crippen molar-refractivity contribution in [3.05, 3.63) is 89.5 Å². The molecule has 4 atom stereocenters. The first-order valence-electron chi connectivity index (χ1n) is 13.1. The molecule has 0 saturated carbocycles. The van der Waals surface area contributed by atoms with E-state index < -0.39 is 28.8 Å². The van der Waals surface area contributed by atoms with Gasteiger partial charge in [0.15, 0.2) is 0 Å². The van der Waals surface area contributed by atoms with Crippen LogP contribution in [0.25, 0.3) is 0 Å². The van der Waals surface area contributed by atoms with Crippen LogP contribution in [-0.2, 0) is 33.7 Å². The Hall–Kier alpha value is -3.82. The van der Waals surface area contributed by atoms with Crippen molar-refractivity contribution in [2.45, 2.75) is 64.0 Å². The summed E-state index contributed by atoms with van der Waals surface area (Å²) >= 11 is 0. The summed E-state index contributed by atoms with van der Waals surface area (Å²) in [6.45, 7) is 2.50. The number of amides is 3. The van der Waals surface area contributed by atoms with Gasteiger partial charge in [0.2, 0.25) is 12.1 Å². The number of esters is 1. The van der Waals surface area contributed by atoms with Crippen molar-refractivity contribution < 1.29 is 28.3 Å². The quantitative estimate of drug-likeness (QED) is 0.346. The Morgan fingerprint density at radius 1 is 1.08 bits per heavy atom. The maximum absolute atomic E-state index is 13.8. The predicted molar refractivity (Wildman–Crippen MR) is 139 cm³/mol. The summed E-state index contributed by atoms with van der Waals surface area (Å²) in [7, 11) is 0. The lowest BCUT2D eigenvalue weighted by molar-refractivity contribution is -0.778. The lowest BCUT2D eigenvalue weighted by atomic mass is 10.1. The molecule has 2 N–H and O–H groups in total. The van der Waals surface area contributed by atoms with Crippen LogP contribution < -0.4 is 5.32 Å². The van der Waals surface area contributed by atoms with Crippen molar-refractivity contribution in [1.82, 2.24) is 15.3 Å². The first-order valence-corrected chi connectivity index (χ1v) is 13.1. The SMILES string of the molecule is C[C@@H]1CCC[N+]1(C(=O)NC1CC(=O)OC1OCc1ccccc1)C(=O)c1ncc(CCc2ccccc2)[nH]1. The molecule has 3 amide bonds. The maximum atomic E-state index is 13.8. The number of H-pyrrole nitrogens is 1. The number of carbonyl (C=O) groups is 3. The highest BCUT2D eigenvalue weighted by Gasteiger charge is 2.55. The third kappa shape index (κ3) is 5.39. The van der Waals surface area contributed by atoms with Gasteiger partial charge in [-0.05, 0) is 30.9 Å². The van der Waals surface area contributed by atoms with Crippen LogP contribution in [0.2, 0.25) is 0 Å². The molecular weight excluding hydrogens is 484 g/mol. The number of carbonyl (C=O) groups excluding carboxylic acids is 3. The molecule has 2 fully saturated rings. The van der Waals surface area contributed by atoms with E-state index in [4.69, 9.17) is 9.47 Å². The molecule has 3 aromatic rings. The minimum atomic E-state index is -0.923. The summed E-state index contributed by atoms with van der Waals surface area (Å²) in [4.78, 5) is 47.2. The van der Waals surface area contributed by atoms with E-state index in [2.05, 4.69) is 27.4 Å². The molecule has 0 spiro atoms. The molecule has 5 rings (SSSR count). The van der Waals surface area contributed by atoms with Gasteiger partial charge >= 0.3 is 17.9 Å². The molecule has 9 heteroatoms. The molecule has 2 aliphatic rings. The molecule has 198 valence electrons. The fourth-order valence-corrected chi connectivity index (χ4v) is 5.31. The van der Waals surface area contributed by atoms with E-state index in [0.29, 0.717) is 13.0 Å². The Balaban J connectivity index is 1.28. The van der Waals surface area contributed by atoms with E-state index in [1.54, 1.807) is 6.20 Å². The molecule has 3 unspecified atom stereocenters. The Kier molecular flexibility index (Phi) is 7.67. The van der Waals surface area contributed by atoms with Crippen molar-refractivity contribution in [2.24, 2.45) is 0 Å². The second kappa shape index (κ2) is 11.3. The summed E-state index contributed by atoms with van der Waals surface area (Å²) in [6, 6.07) is 18.2. The van der Waals surface area contributed by atoms with Crippen molar-refractivity contribution in [3.63, 3.8) is 0 Å². The third-order valence-electron chi connectivity index (χ3n) is 7.50. The number of hydrogen-bond acceptors (Lipinski definition) is 6. The predicted octanol–water partition coefficient (Wildman–Crippen LogP) is 3.90. The van der Waals surface area contributed by atoms with Gasteiger partial charge in [0, 0.05) is 24.7 Å². The van der Waals surface area contributed by atoms with E-state index in [1.807, 2.05) is 55.5 Å². The van der Waals surface area contributed by atoms with Crippen molar-refractivity contribution >= 4 is 17.9 Å². The monoisotopic (exact) mass is 517 g/mol. The number of aromatic amines is 1. The standard InChI is InChI=1S/C29H32N4O5/c1-20-9-8-16-33(20,27(35)26-30-18-23(31-26)15-14-21-10-4-2-5-11-21)29(36)32-24-17-25(34)38-28(24)37-19-22-12-6-3-7-13-22/h2-7,10-13,18,20,24,28H,8-9,14-17,19H2,1H3,(H-,30,31,32,35,36)/p+1/t20-,24?,28?,33?/m1/s1. The number of imidazole rings is 1. The zero-order chi connectivity index (χ0) is 26.5. The highest BCUT2D eigenvalue weighted by atomic mass is 16.7. The van der Waals surface area contributed by atoms with E-state index >= 15 is 0 Å². The summed E-state index contributed by atoms with van der Waals surface area (Å²) in [6.07, 6.45) is 3.71. The largest absolute Gasteiger partial charge is 0.433 e. The van der Waals surface area contributed by atoms with Crippen molar-refractivity contribution in [2.75, 3.05) is 6.54 Å². The number of ether oxygens (including phenoxy) is 2. The maximum Gasteiger partial charge on any atom is 0.425 e. The molecule has 2 aromatic carbocycles. The van der Waals surface area contributed by atoms with Crippen molar-refractivity contribution in [1.29, 1.82) is 0 Å². The lowest BCUT2D eigenvalue weighted by Gasteiger charge is -2.33. The number of likely N-dealkylation sites (tertiary alicyclic amines) is 1. The number of aromatic nitrogens is 2. The Morgan fingerprint density at radius 2 is 1.79 bits per heavy atom. The number of cyclic esters (lactones) is 1. The van der Waals surface area contributed by atoms with Gasteiger partial charge in [0.1, 0.15) is 12.1 Å². The fraction of sp³-hybridized carbons (Fsp3) is 0.379. The van der Waals surface area contributed by atoms with Gasteiger partial charge in [-0.25, -0.2) is 14.6 Å². The van der Waals surface area contributed by atoms with E-state index in [0.717, 1.165) is 30.5 Å². The van der Waals surface area contributed by atoms with Crippen LogP contribution in [0.1, 0.15) is 53.6 Å². The third-order valence-corrected chi connectivity index (χ3v) is 7.50. The molecule has 38 heavy (non-hydrogen) atoms. The average molecular weight is 518 g/mol. The van der Waals surface area contributed by atoms with Gasteiger partial charge in [-0.15, -0.1) is 0 Å². The molecule has 2 saturated heterocycles. The number of urea groups is 1. The molecule has 0 bridgehead atoms. The number of hydrogen-bond donors (Lipinski definition) is 2. The number of aryl methyl sites for hydroxylation is 2. The van der Waals surface area contributed by atoms with E-state index in [-0.39, 0.29) is 30.8 Å². The van der Waals surface area contributed by atoms with Crippen LogP contribution in [0.3, 0.4) is 0 Å². The van der Waals surface area contributed by atoms with Crippen LogP contribution >= 0.6 is 0 Å². The number of nitrogens with zero attached hydrogens (tertiary/aromatic N) is 2. The fourth-order valence-electron chi connectivity index (χ4n) is 5.31. The molecular formula is C29H33N4O5+. The van der Waals surface area contributed by atoms with Crippen LogP contribution in [-0.4, -0.2) is 57.3 Å². The average Bonchev–Trinajstić information content (AvgIpc) is 3.66. The zero-order valence-corrected chi connectivity index (χ0v) is 21.5. The first-order chi connectivity index (χ1) is 18.5. The number of rotatable bonds is 8. The Bertz CT molecular complexity index is 1280. The van der Waals surface area contributed by atoms with Gasteiger partial charge in [-0.2, -0.15) is 4.48 Å². The highest BCUT2D eigenvalue weighted by molar-refractivity contribution is 5.93. The summed E-state index contributed by atoms with van der Waals surface area (Å²) in [5.74, 6) is -0.646. The molecule has 0 radical (unpaired) electrons. The molecule has 3 heterocycles. The minimum absolute atomic E-state index is 0.0157. The normalized spacial score (nSPS) is 24.8. The smallest absolute Gasteiger partial charge is 0.425 e. The Morgan fingerprint density at radius 3 is 2.47 bits per heavy atom. The summed E-state index contributed by atoms with van der Waals surface area (Å²) in [5.41, 5.74) is 2.96. The number of benzene rings is 2. The van der Waals surface area contributed by atoms with Crippen LogP contribution in [0.5, 0.6) is 0 Å². The molecule has 9 nitrogen and oxygen atoms in total. The number of nitrogens with one attached hydrogen (secondary N) is 2. The molecule has 1 aromatic heterocycles. The second-order valence-electron chi connectivity index (χ2n) is 10.0. The van der Waals surface area contributed by atoms with E-state index in [9.17, 15) is 14.4 Å². The number of quaternary nitrogens is 1.